The van der Waals surface area contributed by atoms with Gasteiger partial charge in [0.1, 0.15) is 0 Å². The van der Waals surface area contributed by atoms with Gasteiger partial charge in [-0.15, -0.1) is 5.10 Å². The molecule has 6 heteroatoms. The Labute approximate surface area is 171 Å². The molecule has 0 radical (unpaired) electrons. The van der Waals surface area contributed by atoms with E-state index in [4.69, 9.17) is 11.6 Å². The van der Waals surface area contributed by atoms with E-state index in [-0.39, 0.29) is 0 Å². The van der Waals surface area contributed by atoms with Gasteiger partial charge in [-0.05, 0) is 46.5 Å². The summed E-state index contributed by atoms with van der Waals surface area (Å²) >= 11 is 6.06. The molecule has 0 amide bonds. The van der Waals surface area contributed by atoms with Crippen LogP contribution in [0.2, 0.25) is 5.02 Å². The summed E-state index contributed by atoms with van der Waals surface area (Å²) in [5.74, 6) is 0.955. The van der Waals surface area contributed by atoms with Gasteiger partial charge in [0.2, 0.25) is 0 Å². The van der Waals surface area contributed by atoms with Crippen molar-refractivity contribution >= 4 is 11.6 Å². The molecule has 3 aromatic rings. The van der Waals surface area contributed by atoms with E-state index in [0.29, 0.717) is 6.04 Å². The number of nitrogens with zero attached hydrogens (tertiary/aromatic N) is 5. The fourth-order valence-electron chi connectivity index (χ4n) is 3.98. The van der Waals surface area contributed by atoms with Crippen LogP contribution in [0.3, 0.4) is 0 Å². The van der Waals surface area contributed by atoms with Crippen molar-refractivity contribution in [3.8, 4) is 0 Å². The molecule has 0 unspecified atom stereocenters. The normalized spacial score (nSPS) is 15.2. The van der Waals surface area contributed by atoms with Crippen molar-refractivity contribution < 1.29 is 0 Å². The zero-order chi connectivity index (χ0) is 19.2. The summed E-state index contributed by atoms with van der Waals surface area (Å²) in [5, 5.41) is 13.5. The molecule has 0 spiro atoms. The van der Waals surface area contributed by atoms with E-state index in [1.807, 2.05) is 12.1 Å². The van der Waals surface area contributed by atoms with E-state index < -0.39 is 0 Å². The van der Waals surface area contributed by atoms with Crippen molar-refractivity contribution in [3.63, 3.8) is 0 Å². The molecular weight excluding hydrogens is 370 g/mol. The van der Waals surface area contributed by atoms with E-state index in [0.717, 1.165) is 30.5 Å². The Kier molecular flexibility index (Phi) is 6.34. The van der Waals surface area contributed by atoms with Crippen LogP contribution in [0.4, 0.5) is 0 Å². The maximum absolute atomic E-state index is 6.06. The minimum absolute atomic E-state index is 0.438. The second-order valence-corrected chi connectivity index (χ2v) is 8.03. The number of aromatic nitrogens is 4. The average Bonchev–Trinajstić information content (AvgIpc) is 3.19. The van der Waals surface area contributed by atoms with Gasteiger partial charge in [-0.25, -0.2) is 4.68 Å². The lowest BCUT2D eigenvalue weighted by molar-refractivity contribution is 0.226. The molecule has 1 aliphatic carbocycles. The van der Waals surface area contributed by atoms with E-state index in [2.05, 4.69) is 67.6 Å². The summed E-state index contributed by atoms with van der Waals surface area (Å²) in [6.07, 6.45) is 6.21. The fourth-order valence-corrected chi connectivity index (χ4v) is 4.11. The minimum atomic E-state index is 0.438. The third kappa shape index (κ3) is 4.97. The molecule has 1 heterocycles. The molecule has 5 nitrogen and oxygen atoms in total. The molecule has 28 heavy (non-hydrogen) atoms. The molecule has 0 atom stereocenters. The monoisotopic (exact) mass is 395 g/mol. The quantitative estimate of drug-likeness (QED) is 0.562. The smallest absolute Gasteiger partial charge is 0.165 e. The first kappa shape index (κ1) is 19.1. The van der Waals surface area contributed by atoms with Gasteiger partial charge in [-0.1, -0.05) is 73.3 Å². The Bertz CT molecular complexity index is 856. The van der Waals surface area contributed by atoms with E-state index in [9.17, 15) is 0 Å². The van der Waals surface area contributed by atoms with Crippen LogP contribution in [0.5, 0.6) is 0 Å². The Balaban J connectivity index is 1.53. The van der Waals surface area contributed by atoms with Crippen LogP contribution in [0.15, 0.2) is 54.6 Å². The van der Waals surface area contributed by atoms with Crippen molar-refractivity contribution in [2.45, 2.75) is 57.8 Å². The fraction of sp³-hybridized carbons (Fsp3) is 0.409. The van der Waals surface area contributed by atoms with Crippen LogP contribution in [0.1, 0.15) is 55.1 Å². The summed E-state index contributed by atoms with van der Waals surface area (Å²) in [4.78, 5) is 2.39. The van der Waals surface area contributed by atoms with E-state index in [1.165, 1.54) is 43.2 Å². The third-order valence-corrected chi connectivity index (χ3v) is 5.67. The third-order valence-electron chi connectivity index (χ3n) is 5.42. The Morgan fingerprint density at radius 2 is 1.54 bits per heavy atom. The molecule has 0 saturated heterocycles. The molecule has 2 aromatic carbocycles. The summed E-state index contributed by atoms with van der Waals surface area (Å²) < 4.78 is 2.07. The topological polar surface area (TPSA) is 46.8 Å². The first-order valence-corrected chi connectivity index (χ1v) is 10.4. The molecular formula is C22H26ClN5. The second-order valence-electron chi connectivity index (χ2n) is 7.59. The van der Waals surface area contributed by atoms with Gasteiger partial charge in [0.25, 0.3) is 0 Å². The first-order valence-electron chi connectivity index (χ1n) is 10.1. The summed E-state index contributed by atoms with van der Waals surface area (Å²) in [5.41, 5.74) is 2.52. The minimum Gasteiger partial charge on any atom is -0.287 e. The zero-order valence-corrected chi connectivity index (χ0v) is 16.8. The number of tetrazole rings is 1. The molecule has 0 N–H and O–H groups in total. The molecule has 4 rings (SSSR count). The molecule has 1 aliphatic rings. The van der Waals surface area contributed by atoms with Crippen molar-refractivity contribution in [3.05, 3.63) is 76.6 Å². The molecule has 1 saturated carbocycles. The summed E-state index contributed by atoms with van der Waals surface area (Å²) in [7, 11) is 0. The Hall–Kier alpha value is -2.24. The lowest BCUT2D eigenvalue weighted by Crippen LogP contribution is -2.26. The number of hydrogen-bond acceptors (Lipinski definition) is 4. The number of halogens is 1. The van der Waals surface area contributed by atoms with Crippen LogP contribution in [-0.4, -0.2) is 25.1 Å². The zero-order valence-electron chi connectivity index (χ0n) is 16.0. The highest BCUT2D eigenvalue weighted by atomic mass is 35.5. The Morgan fingerprint density at radius 3 is 2.25 bits per heavy atom. The van der Waals surface area contributed by atoms with Crippen molar-refractivity contribution in [2.75, 3.05) is 0 Å². The van der Waals surface area contributed by atoms with Gasteiger partial charge in [0.05, 0.1) is 12.6 Å². The second kappa shape index (κ2) is 9.30. The molecule has 1 aromatic heterocycles. The predicted octanol–water partition coefficient (Wildman–Crippen LogP) is 5.03. The average molecular weight is 396 g/mol. The highest BCUT2D eigenvalue weighted by molar-refractivity contribution is 6.30. The molecule has 0 aliphatic heterocycles. The SMILES string of the molecule is Clc1ccc(CN(Cc2ccccc2)Cc2nnnn2C2CCCCC2)cc1. The maximum atomic E-state index is 6.06. The number of benzene rings is 2. The van der Waals surface area contributed by atoms with E-state index in [1.54, 1.807) is 0 Å². The van der Waals surface area contributed by atoms with Crippen LogP contribution in [0.25, 0.3) is 0 Å². The van der Waals surface area contributed by atoms with Gasteiger partial charge in [-0.3, -0.25) is 4.90 Å². The van der Waals surface area contributed by atoms with Crippen molar-refractivity contribution in [1.82, 2.24) is 25.1 Å². The maximum Gasteiger partial charge on any atom is 0.165 e. The standard InChI is InChI=1S/C22H26ClN5/c23-20-13-11-19(12-14-20)16-27(15-18-7-3-1-4-8-18)17-22-24-25-26-28(22)21-9-5-2-6-10-21/h1,3-4,7-8,11-14,21H,2,5-6,9-10,15-17H2. The molecule has 146 valence electrons. The van der Waals surface area contributed by atoms with Gasteiger partial charge < -0.3 is 0 Å². The van der Waals surface area contributed by atoms with Gasteiger partial charge in [0.15, 0.2) is 5.82 Å². The Morgan fingerprint density at radius 1 is 0.857 bits per heavy atom. The predicted molar refractivity (Wildman–Crippen MR) is 111 cm³/mol. The highest BCUT2D eigenvalue weighted by Crippen LogP contribution is 2.28. The van der Waals surface area contributed by atoms with Gasteiger partial charge in [0, 0.05) is 18.1 Å². The van der Waals surface area contributed by atoms with E-state index >= 15 is 0 Å². The first-order chi connectivity index (χ1) is 13.8. The highest BCUT2D eigenvalue weighted by Gasteiger charge is 2.21. The van der Waals surface area contributed by atoms with Crippen LogP contribution in [-0.2, 0) is 19.6 Å². The number of hydrogen-bond donors (Lipinski definition) is 0. The van der Waals surface area contributed by atoms with Crippen molar-refractivity contribution in [2.24, 2.45) is 0 Å². The van der Waals surface area contributed by atoms with Gasteiger partial charge in [-0.2, -0.15) is 0 Å². The van der Waals surface area contributed by atoms with Crippen molar-refractivity contribution in [1.29, 1.82) is 0 Å². The van der Waals surface area contributed by atoms with Crippen LogP contribution >= 0.6 is 11.6 Å². The lowest BCUT2D eigenvalue weighted by Gasteiger charge is -2.25. The number of rotatable bonds is 7. The van der Waals surface area contributed by atoms with Crippen LogP contribution in [0, 0.1) is 0 Å². The largest absolute Gasteiger partial charge is 0.287 e. The molecule has 0 bridgehead atoms. The molecule has 1 fully saturated rings. The summed E-state index contributed by atoms with van der Waals surface area (Å²) in [6, 6.07) is 19.1. The van der Waals surface area contributed by atoms with Crippen LogP contribution < -0.4 is 0 Å². The summed E-state index contributed by atoms with van der Waals surface area (Å²) in [6.45, 7) is 2.39. The van der Waals surface area contributed by atoms with Gasteiger partial charge >= 0.3 is 0 Å². The lowest BCUT2D eigenvalue weighted by atomic mass is 9.95.